The molecular weight excluding hydrogens is 316 g/mol. The molecule has 1 amide bonds. The fourth-order valence-electron chi connectivity index (χ4n) is 2.65. The van der Waals surface area contributed by atoms with Gasteiger partial charge in [0.1, 0.15) is 5.60 Å². The molecule has 0 radical (unpaired) electrons. The number of aromatic nitrogens is 2. The molecule has 1 fully saturated rings. The second kappa shape index (κ2) is 7.93. The standard InChI is InChI=1S/C16H25ClN4O2/c1-16(2,3)23-15(22)18-10-13-6-4-5-9-21(13)11-12-7-8-14(17)20-19-12/h7-8,13H,4-6,9-11H2,1-3H3,(H,18,22)/t13-/m1/s1. The molecule has 1 saturated heterocycles. The van der Waals surface area contributed by atoms with Crippen molar-refractivity contribution in [2.24, 2.45) is 0 Å². The van der Waals surface area contributed by atoms with Gasteiger partial charge in [0, 0.05) is 19.1 Å². The number of nitrogens with one attached hydrogen (secondary N) is 1. The fourth-order valence-corrected chi connectivity index (χ4v) is 2.75. The largest absolute Gasteiger partial charge is 0.444 e. The lowest BCUT2D eigenvalue weighted by molar-refractivity contribution is 0.0491. The van der Waals surface area contributed by atoms with E-state index in [0.29, 0.717) is 18.2 Å². The Hall–Kier alpha value is -1.40. The first-order chi connectivity index (χ1) is 10.8. The lowest BCUT2D eigenvalue weighted by Gasteiger charge is -2.35. The van der Waals surface area contributed by atoms with Crippen molar-refractivity contribution < 1.29 is 9.53 Å². The van der Waals surface area contributed by atoms with Crippen LogP contribution in [0.2, 0.25) is 5.15 Å². The van der Waals surface area contributed by atoms with E-state index in [2.05, 4.69) is 20.4 Å². The van der Waals surface area contributed by atoms with Gasteiger partial charge in [-0.3, -0.25) is 4.90 Å². The lowest BCUT2D eigenvalue weighted by atomic mass is 10.0. The van der Waals surface area contributed by atoms with Gasteiger partial charge in [-0.15, -0.1) is 5.10 Å². The smallest absolute Gasteiger partial charge is 0.407 e. The van der Waals surface area contributed by atoms with Crippen molar-refractivity contribution >= 4 is 17.7 Å². The van der Waals surface area contributed by atoms with Crippen LogP contribution in [0.5, 0.6) is 0 Å². The average molecular weight is 341 g/mol. The summed E-state index contributed by atoms with van der Waals surface area (Å²) in [6, 6.07) is 3.93. The maximum Gasteiger partial charge on any atom is 0.407 e. The lowest BCUT2D eigenvalue weighted by Crippen LogP contribution is -2.47. The van der Waals surface area contributed by atoms with Gasteiger partial charge in [0.2, 0.25) is 0 Å². The summed E-state index contributed by atoms with van der Waals surface area (Å²) in [6.07, 6.45) is 3.01. The van der Waals surface area contributed by atoms with E-state index in [-0.39, 0.29) is 12.1 Å². The second-order valence-corrected chi connectivity index (χ2v) is 7.24. The Labute approximate surface area is 142 Å². The number of rotatable bonds is 4. The Morgan fingerprint density at radius 1 is 1.39 bits per heavy atom. The average Bonchev–Trinajstić information content (AvgIpc) is 2.47. The van der Waals surface area contributed by atoms with E-state index in [1.807, 2.05) is 26.8 Å². The van der Waals surface area contributed by atoms with Crippen LogP contribution in [-0.4, -0.2) is 45.9 Å². The first kappa shape index (κ1) is 17.9. The molecule has 1 aromatic rings. The van der Waals surface area contributed by atoms with E-state index in [4.69, 9.17) is 16.3 Å². The number of amides is 1. The molecule has 23 heavy (non-hydrogen) atoms. The molecule has 1 atom stereocenters. The van der Waals surface area contributed by atoms with E-state index in [0.717, 1.165) is 25.1 Å². The summed E-state index contributed by atoms with van der Waals surface area (Å²) >= 11 is 5.77. The van der Waals surface area contributed by atoms with Gasteiger partial charge in [-0.25, -0.2) is 4.79 Å². The molecule has 1 aliphatic heterocycles. The minimum absolute atomic E-state index is 0.286. The zero-order valence-corrected chi connectivity index (χ0v) is 14.8. The van der Waals surface area contributed by atoms with Gasteiger partial charge in [-0.1, -0.05) is 18.0 Å². The van der Waals surface area contributed by atoms with Crippen LogP contribution in [0.3, 0.4) is 0 Å². The third-order valence-electron chi connectivity index (χ3n) is 3.68. The molecule has 1 N–H and O–H groups in total. The van der Waals surface area contributed by atoms with Crippen molar-refractivity contribution in [2.45, 2.75) is 58.2 Å². The Balaban J connectivity index is 1.88. The number of likely N-dealkylation sites (tertiary alicyclic amines) is 1. The molecule has 6 nitrogen and oxygen atoms in total. The predicted octanol–water partition coefficient (Wildman–Crippen LogP) is 3.01. The molecule has 0 aliphatic carbocycles. The zero-order valence-electron chi connectivity index (χ0n) is 14.0. The molecule has 2 rings (SSSR count). The normalized spacial score (nSPS) is 19.4. The van der Waals surface area contributed by atoms with Crippen molar-refractivity contribution in [1.82, 2.24) is 20.4 Å². The molecule has 0 saturated carbocycles. The van der Waals surface area contributed by atoms with Gasteiger partial charge < -0.3 is 10.1 Å². The van der Waals surface area contributed by atoms with Crippen LogP contribution in [-0.2, 0) is 11.3 Å². The third kappa shape index (κ3) is 6.31. The summed E-state index contributed by atoms with van der Waals surface area (Å²) in [5.74, 6) is 0. The molecule has 2 heterocycles. The summed E-state index contributed by atoms with van der Waals surface area (Å²) in [5.41, 5.74) is 0.411. The predicted molar refractivity (Wildman–Crippen MR) is 89.3 cm³/mol. The van der Waals surface area contributed by atoms with Crippen LogP contribution in [0.1, 0.15) is 45.7 Å². The van der Waals surface area contributed by atoms with E-state index >= 15 is 0 Å². The SMILES string of the molecule is CC(C)(C)OC(=O)NC[C@H]1CCCCN1Cc1ccc(Cl)nn1. The summed E-state index contributed by atoms with van der Waals surface area (Å²) in [4.78, 5) is 14.1. The molecule has 0 bridgehead atoms. The number of hydrogen-bond donors (Lipinski definition) is 1. The molecule has 0 unspecified atom stereocenters. The minimum Gasteiger partial charge on any atom is -0.444 e. The van der Waals surface area contributed by atoms with Crippen molar-refractivity contribution in [3.05, 3.63) is 23.0 Å². The van der Waals surface area contributed by atoms with Crippen LogP contribution in [0, 0.1) is 0 Å². The number of halogens is 1. The Morgan fingerprint density at radius 2 is 2.17 bits per heavy atom. The number of nitrogens with zero attached hydrogens (tertiary/aromatic N) is 3. The number of hydrogen-bond acceptors (Lipinski definition) is 5. The molecule has 0 aromatic carbocycles. The van der Waals surface area contributed by atoms with Gasteiger partial charge in [0.15, 0.2) is 5.15 Å². The second-order valence-electron chi connectivity index (χ2n) is 6.85. The van der Waals surface area contributed by atoms with E-state index < -0.39 is 5.60 Å². The number of ether oxygens (including phenoxy) is 1. The molecule has 1 aliphatic rings. The van der Waals surface area contributed by atoms with Gasteiger partial charge in [0.25, 0.3) is 0 Å². The topological polar surface area (TPSA) is 67.3 Å². The molecule has 0 spiro atoms. The molecule has 128 valence electrons. The van der Waals surface area contributed by atoms with E-state index in [1.165, 1.54) is 6.42 Å². The van der Waals surface area contributed by atoms with Crippen LogP contribution >= 0.6 is 11.6 Å². The number of carbonyl (C=O) groups is 1. The third-order valence-corrected chi connectivity index (χ3v) is 3.88. The fraction of sp³-hybridized carbons (Fsp3) is 0.688. The van der Waals surface area contributed by atoms with Crippen LogP contribution < -0.4 is 5.32 Å². The Bertz CT molecular complexity index is 516. The number of carbonyl (C=O) groups excluding carboxylic acids is 1. The van der Waals surface area contributed by atoms with E-state index in [1.54, 1.807) is 6.07 Å². The molecular formula is C16H25ClN4O2. The summed E-state index contributed by atoms with van der Waals surface area (Å²) in [7, 11) is 0. The van der Waals surface area contributed by atoms with Crippen molar-refractivity contribution in [1.29, 1.82) is 0 Å². The highest BCUT2D eigenvalue weighted by Crippen LogP contribution is 2.19. The van der Waals surface area contributed by atoms with Crippen molar-refractivity contribution in [3.8, 4) is 0 Å². The quantitative estimate of drug-likeness (QED) is 0.912. The van der Waals surface area contributed by atoms with Gasteiger partial charge >= 0.3 is 6.09 Å². The van der Waals surface area contributed by atoms with Gasteiger partial charge in [0.05, 0.1) is 5.69 Å². The maximum atomic E-state index is 11.8. The maximum absolute atomic E-state index is 11.8. The van der Waals surface area contributed by atoms with Gasteiger partial charge in [-0.2, -0.15) is 5.10 Å². The molecule has 7 heteroatoms. The first-order valence-corrected chi connectivity index (χ1v) is 8.40. The Kier molecular flexibility index (Phi) is 6.18. The minimum atomic E-state index is -0.477. The van der Waals surface area contributed by atoms with Crippen LogP contribution in [0.25, 0.3) is 0 Å². The zero-order chi connectivity index (χ0) is 16.9. The van der Waals surface area contributed by atoms with Crippen molar-refractivity contribution in [3.63, 3.8) is 0 Å². The monoisotopic (exact) mass is 340 g/mol. The number of alkyl carbamates (subject to hydrolysis) is 1. The van der Waals surface area contributed by atoms with Gasteiger partial charge in [-0.05, 0) is 52.3 Å². The summed E-state index contributed by atoms with van der Waals surface area (Å²) in [6.45, 7) is 7.86. The summed E-state index contributed by atoms with van der Waals surface area (Å²) in [5, 5.41) is 11.3. The highest BCUT2D eigenvalue weighted by atomic mass is 35.5. The summed E-state index contributed by atoms with van der Waals surface area (Å²) < 4.78 is 5.29. The Morgan fingerprint density at radius 3 is 2.83 bits per heavy atom. The van der Waals surface area contributed by atoms with Crippen LogP contribution in [0.15, 0.2) is 12.1 Å². The highest BCUT2D eigenvalue weighted by molar-refractivity contribution is 6.29. The highest BCUT2D eigenvalue weighted by Gasteiger charge is 2.24. The van der Waals surface area contributed by atoms with Crippen molar-refractivity contribution in [2.75, 3.05) is 13.1 Å². The first-order valence-electron chi connectivity index (χ1n) is 8.02. The molecule has 1 aromatic heterocycles. The van der Waals surface area contributed by atoms with Crippen LogP contribution in [0.4, 0.5) is 4.79 Å². The number of piperidine rings is 1. The van der Waals surface area contributed by atoms with E-state index in [9.17, 15) is 4.79 Å².